The number of hydrogen-bond donors (Lipinski definition) is 0. The number of halogens is 1. The molecule has 0 spiro atoms. The molecule has 0 saturated carbocycles. The first-order valence-electron chi connectivity index (χ1n) is 7.12. The van der Waals surface area contributed by atoms with E-state index < -0.39 is 0 Å². The Labute approximate surface area is 138 Å². The topological polar surface area (TPSA) is 22.0 Å². The van der Waals surface area contributed by atoms with E-state index in [4.69, 9.17) is 0 Å². The Morgan fingerprint density at radius 3 is 2.09 bits per heavy atom. The predicted octanol–water partition coefficient (Wildman–Crippen LogP) is 5.09. The first-order chi connectivity index (χ1) is 10.6. The van der Waals surface area contributed by atoms with Gasteiger partial charge in [0, 0.05) is 27.0 Å². The third kappa shape index (κ3) is 2.64. The van der Waals surface area contributed by atoms with Gasteiger partial charge in [0.05, 0.1) is 5.69 Å². The maximum Gasteiger partial charge on any atom is 0.193 e. The van der Waals surface area contributed by atoms with E-state index in [1.807, 2.05) is 48.5 Å². The van der Waals surface area contributed by atoms with Crippen LogP contribution >= 0.6 is 15.9 Å². The first kappa shape index (κ1) is 14.8. The Bertz CT molecular complexity index is 814. The summed E-state index contributed by atoms with van der Waals surface area (Å²) in [6.07, 6.45) is 0. The summed E-state index contributed by atoms with van der Waals surface area (Å²) < 4.78 is 3.08. The highest BCUT2D eigenvalue weighted by molar-refractivity contribution is 9.10. The van der Waals surface area contributed by atoms with Crippen molar-refractivity contribution < 1.29 is 4.79 Å². The summed E-state index contributed by atoms with van der Waals surface area (Å²) >= 11 is 3.60. The van der Waals surface area contributed by atoms with Gasteiger partial charge < -0.3 is 4.57 Å². The molecule has 3 rings (SSSR count). The van der Waals surface area contributed by atoms with Crippen molar-refractivity contribution in [2.24, 2.45) is 0 Å². The second kappa shape index (κ2) is 5.93. The minimum Gasteiger partial charge on any atom is -0.317 e. The molecule has 2 aromatic carbocycles. The van der Waals surface area contributed by atoms with Crippen LogP contribution in [0.5, 0.6) is 0 Å². The quantitative estimate of drug-likeness (QED) is 0.601. The minimum atomic E-state index is 0.0359. The lowest BCUT2D eigenvalue weighted by atomic mass is 10.0. The molecular weight excluding hydrogens is 338 g/mol. The van der Waals surface area contributed by atoms with E-state index in [1.165, 1.54) is 11.4 Å². The largest absolute Gasteiger partial charge is 0.317 e. The summed E-state index contributed by atoms with van der Waals surface area (Å²) in [5.74, 6) is 0.0359. The van der Waals surface area contributed by atoms with Gasteiger partial charge in [-0.05, 0) is 60.1 Å². The number of benzene rings is 2. The van der Waals surface area contributed by atoms with Gasteiger partial charge in [-0.3, -0.25) is 4.79 Å². The lowest BCUT2D eigenvalue weighted by Gasteiger charge is -2.12. The van der Waals surface area contributed by atoms with Crippen LogP contribution in [-0.2, 0) is 0 Å². The fourth-order valence-electron chi connectivity index (χ4n) is 2.63. The molecule has 22 heavy (non-hydrogen) atoms. The van der Waals surface area contributed by atoms with Crippen molar-refractivity contribution in [3.63, 3.8) is 0 Å². The average molecular weight is 354 g/mol. The van der Waals surface area contributed by atoms with Crippen molar-refractivity contribution in [1.82, 2.24) is 4.57 Å². The Balaban J connectivity index is 2.02. The van der Waals surface area contributed by atoms with Crippen LogP contribution in [0.15, 0.2) is 65.1 Å². The maximum atomic E-state index is 12.5. The second-order valence-corrected chi connectivity index (χ2v) is 6.17. The van der Waals surface area contributed by atoms with Crippen LogP contribution in [0.25, 0.3) is 5.69 Å². The van der Waals surface area contributed by atoms with E-state index >= 15 is 0 Å². The van der Waals surface area contributed by atoms with Crippen LogP contribution in [0.2, 0.25) is 0 Å². The smallest absolute Gasteiger partial charge is 0.193 e. The summed E-state index contributed by atoms with van der Waals surface area (Å²) in [6, 6.07) is 19.3. The van der Waals surface area contributed by atoms with E-state index in [9.17, 15) is 4.79 Å². The number of rotatable bonds is 3. The number of aromatic nitrogens is 1. The zero-order valence-corrected chi connectivity index (χ0v) is 14.1. The van der Waals surface area contributed by atoms with Crippen LogP contribution < -0.4 is 0 Å². The molecule has 0 atom stereocenters. The standard InChI is InChI=1S/C19H16BrNO/c1-13-8-9-14(2)21(13)18-11-10-16(12-17(18)20)19(22)15-6-4-3-5-7-15/h3-12H,1-2H3. The predicted molar refractivity (Wildman–Crippen MR) is 92.8 cm³/mol. The van der Waals surface area contributed by atoms with Crippen molar-refractivity contribution in [2.75, 3.05) is 0 Å². The van der Waals surface area contributed by atoms with E-state index in [0.717, 1.165) is 10.2 Å². The van der Waals surface area contributed by atoms with Gasteiger partial charge in [-0.15, -0.1) is 0 Å². The van der Waals surface area contributed by atoms with Crippen molar-refractivity contribution in [3.8, 4) is 5.69 Å². The molecular formula is C19H16BrNO. The Hall–Kier alpha value is -2.13. The SMILES string of the molecule is Cc1ccc(C)n1-c1ccc(C(=O)c2ccccc2)cc1Br. The number of nitrogens with zero attached hydrogens (tertiary/aromatic N) is 1. The number of ketones is 1. The number of carbonyl (C=O) groups excluding carboxylic acids is 1. The van der Waals surface area contributed by atoms with Crippen molar-refractivity contribution in [2.45, 2.75) is 13.8 Å². The second-order valence-electron chi connectivity index (χ2n) is 5.31. The summed E-state index contributed by atoms with van der Waals surface area (Å²) in [6.45, 7) is 4.14. The summed E-state index contributed by atoms with van der Waals surface area (Å²) in [5, 5.41) is 0. The maximum absolute atomic E-state index is 12.5. The molecule has 0 amide bonds. The van der Waals surface area contributed by atoms with Crippen molar-refractivity contribution >= 4 is 21.7 Å². The summed E-state index contributed by atoms with van der Waals surface area (Å²) in [7, 11) is 0. The molecule has 1 heterocycles. The van der Waals surface area contributed by atoms with Crippen molar-refractivity contribution in [1.29, 1.82) is 0 Å². The molecule has 2 nitrogen and oxygen atoms in total. The number of carbonyl (C=O) groups is 1. The highest BCUT2D eigenvalue weighted by Crippen LogP contribution is 2.26. The van der Waals surface area contributed by atoms with Gasteiger partial charge in [0.2, 0.25) is 0 Å². The van der Waals surface area contributed by atoms with Crippen molar-refractivity contribution in [3.05, 3.63) is 87.7 Å². The molecule has 3 heteroatoms. The van der Waals surface area contributed by atoms with Crippen LogP contribution in [0.1, 0.15) is 27.3 Å². The number of hydrogen-bond acceptors (Lipinski definition) is 1. The fraction of sp³-hybridized carbons (Fsp3) is 0.105. The number of aryl methyl sites for hydroxylation is 2. The lowest BCUT2D eigenvalue weighted by Crippen LogP contribution is -2.04. The molecule has 0 aliphatic rings. The third-order valence-corrected chi connectivity index (χ3v) is 4.39. The van der Waals surface area contributed by atoms with Crippen LogP contribution in [-0.4, -0.2) is 10.4 Å². The molecule has 0 aliphatic heterocycles. The molecule has 3 aromatic rings. The normalized spacial score (nSPS) is 10.7. The fourth-order valence-corrected chi connectivity index (χ4v) is 3.19. The molecule has 0 unspecified atom stereocenters. The first-order valence-corrected chi connectivity index (χ1v) is 7.92. The van der Waals surface area contributed by atoms with Crippen LogP contribution in [0.4, 0.5) is 0 Å². The van der Waals surface area contributed by atoms with Gasteiger partial charge in [-0.25, -0.2) is 0 Å². The molecule has 0 saturated heterocycles. The van der Waals surface area contributed by atoms with Gasteiger partial charge in [-0.2, -0.15) is 0 Å². The van der Waals surface area contributed by atoms with Gasteiger partial charge in [0.15, 0.2) is 5.78 Å². The highest BCUT2D eigenvalue weighted by Gasteiger charge is 2.13. The third-order valence-electron chi connectivity index (χ3n) is 3.76. The van der Waals surface area contributed by atoms with E-state index in [2.05, 4.69) is 46.5 Å². The zero-order chi connectivity index (χ0) is 15.7. The molecule has 110 valence electrons. The Kier molecular flexibility index (Phi) is 3.99. The molecule has 0 N–H and O–H groups in total. The average Bonchev–Trinajstić information content (AvgIpc) is 2.86. The Morgan fingerprint density at radius 2 is 1.50 bits per heavy atom. The molecule has 0 bridgehead atoms. The molecule has 0 aliphatic carbocycles. The summed E-state index contributed by atoms with van der Waals surface area (Å²) in [5.41, 5.74) is 4.77. The van der Waals surface area contributed by atoms with E-state index in [1.54, 1.807) is 0 Å². The summed E-state index contributed by atoms with van der Waals surface area (Å²) in [4.78, 5) is 12.5. The van der Waals surface area contributed by atoms with Gasteiger partial charge >= 0.3 is 0 Å². The molecule has 1 aromatic heterocycles. The Morgan fingerprint density at radius 1 is 0.864 bits per heavy atom. The zero-order valence-electron chi connectivity index (χ0n) is 12.5. The van der Waals surface area contributed by atoms with Crippen LogP contribution in [0.3, 0.4) is 0 Å². The lowest BCUT2D eigenvalue weighted by molar-refractivity contribution is 0.103. The highest BCUT2D eigenvalue weighted by atomic mass is 79.9. The molecule has 0 fully saturated rings. The van der Waals surface area contributed by atoms with Crippen LogP contribution in [0, 0.1) is 13.8 Å². The minimum absolute atomic E-state index is 0.0359. The molecule has 0 radical (unpaired) electrons. The van der Waals surface area contributed by atoms with Gasteiger partial charge in [-0.1, -0.05) is 30.3 Å². The van der Waals surface area contributed by atoms with Gasteiger partial charge in [0.1, 0.15) is 0 Å². The van der Waals surface area contributed by atoms with Gasteiger partial charge in [0.25, 0.3) is 0 Å². The van der Waals surface area contributed by atoms with E-state index in [0.29, 0.717) is 11.1 Å². The monoisotopic (exact) mass is 353 g/mol. The van der Waals surface area contributed by atoms with E-state index in [-0.39, 0.29) is 5.78 Å².